The molecule has 3 heteroatoms. The molecule has 0 aliphatic rings. The van der Waals surface area contributed by atoms with E-state index in [9.17, 15) is 8.76 Å². The number of unbranched alkanes of at least 4 members (excludes halogenated alkanes) is 7. The second-order valence-corrected chi connectivity index (χ2v) is 5.98. The smallest absolute Gasteiger partial charge is 0.0280 e. The monoisotopic (exact) mass is 281 g/mol. The third kappa shape index (κ3) is 6.88. The second kappa shape index (κ2) is 10.2. The van der Waals surface area contributed by atoms with Crippen molar-refractivity contribution in [2.24, 2.45) is 0 Å². The molecule has 0 fully saturated rings. The molecule has 1 atom stereocenters. The van der Waals surface area contributed by atoms with Crippen molar-refractivity contribution in [1.29, 1.82) is 0 Å². The molecule has 1 rings (SSSR count). The van der Waals surface area contributed by atoms with E-state index in [1.54, 1.807) is 12.1 Å². The minimum absolute atomic E-state index is 0.463. The molecule has 0 amide bonds. The van der Waals surface area contributed by atoms with Gasteiger partial charge in [0.1, 0.15) is 0 Å². The second-order valence-electron chi connectivity index (χ2n) is 5.07. The van der Waals surface area contributed by atoms with Crippen LogP contribution in [0.4, 0.5) is 0 Å². The molecule has 0 spiro atoms. The van der Waals surface area contributed by atoms with Crippen LogP contribution >= 0.6 is 0 Å². The molecule has 1 aromatic rings. The van der Waals surface area contributed by atoms with Crippen molar-refractivity contribution < 1.29 is 8.76 Å². The highest BCUT2D eigenvalue weighted by atomic mass is 32.2. The van der Waals surface area contributed by atoms with E-state index in [0.717, 1.165) is 18.4 Å². The summed E-state index contributed by atoms with van der Waals surface area (Å²) >= 11 is -2.10. The molecule has 2 nitrogen and oxygen atoms in total. The highest BCUT2D eigenvalue weighted by Crippen LogP contribution is 2.16. The summed E-state index contributed by atoms with van der Waals surface area (Å²) in [6.07, 6.45) is 11.1. The Labute approximate surface area is 119 Å². The molecular weight excluding hydrogens is 256 g/mol. The summed E-state index contributed by atoms with van der Waals surface area (Å²) in [6, 6.07) is 7.30. The number of aryl methyl sites for hydroxylation is 1. The minimum atomic E-state index is -2.10. The summed E-state index contributed by atoms with van der Waals surface area (Å²) in [4.78, 5) is 0.463. The van der Waals surface area contributed by atoms with Crippen molar-refractivity contribution in [3.63, 3.8) is 0 Å². The van der Waals surface area contributed by atoms with Crippen LogP contribution in [0.2, 0.25) is 0 Å². The van der Waals surface area contributed by atoms with Gasteiger partial charge in [-0.1, -0.05) is 70.1 Å². The van der Waals surface area contributed by atoms with Crippen LogP contribution in [0.15, 0.2) is 29.2 Å². The summed E-state index contributed by atoms with van der Waals surface area (Å²) in [6.45, 7) is 2.23. The van der Waals surface area contributed by atoms with Crippen LogP contribution < -0.4 is 0 Å². The van der Waals surface area contributed by atoms with Crippen molar-refractivity contribution in [2.75, 3.05) is 0 Å². The zero-order valence-corrected chi connectivity index (χ0v) is 12.7. The molecule has 0 aliphatic carbocycles. The number of hydrogen-bond acceptors (Lipinski definition) is 2. The molecule has 108 valence electrons. The van der Waals surface area contributed by atoms with Crippen LogP contribution in [-0.2, 0) is 17.5 Å². The van der Waals surface area contributed by atoms with Crippen molar-refractivity contribution in [3.8, 4) is 0 Å². The van der Waals surface area contributed by atoms with Crippen molar-refractivity contribution in [3.05, 3.63) is 29.8 Å². The zero-order valence-electron chi connectivity index (χ0n) is 11.9. The van der Waals surface area contributed by atoms with Gasteiger partial charge in [-0.2, -0.15) is 0 Å². The molecule has 0 aliphatic heterocycles. The first-order chi connectivity index (χ1) is 9.25. The highest BCUT2D eigenvalue weighted by Gasteiger charge is 2.01. The van der Waals surface area contributed by atoms with Crippen molar-refractivity contribution in [2.45, 2.75) is 69.6 Å². The van der Waals surface area contributed by atoms with E-state index in [1.165, 1.54) is 44.9 Å². The van der Waals surface area contributed by atoms with Gasteiger partial charge >= 0.3 is 0 Å². The predicted molar refractivity (Wildman–Crippen MR) is 79.9 cm³/mol. The Bertz CT molecular complexity index is 377. The average molecular weight is 281 g/mol. The third-order valence-corrected chi connectivity index (χ3v) is 4.21. The maximum Gasteiger partial charge on any atom is 0.0280 e. The predicted octanol–water partition coefficient (Wildman–Crippen LogP) is 4.61. The lowest BCUT2D eigenvalue weighted by Gasteiger charge is -2.11. The first kappa shape index (κ1) is 16.4. The number of rotatable bonds is 10. The third-order valence-electron chi connectivity index (χ3n) is 3.45. The Kier molecular flexibility index (Phi) is 8.76. The molecule has 0 aromatic heterocycles. The lowest BCUT2D eigenvalue weighted by Crippen LogP contribution is -1.96. The Balaban J connectivity index is 2.17. The largest absolute Gasteiger partial charge is 0.768 e. The molecule has 19 heavy (non-hydrogen) atoms. The maximum absolute atomic E-state index is 11.1. The number of hydrogen-bond donors (Lipinski definition) is 0. The topological polar surface area (TPSA) is 40.1 Å². The summed E-state index contributed by atoms with van der Waals surface area (Å²) in [5, 5.41) is 0. The fourth-order valence-electron chi connectivity index (χ4n) is 2.32. The van der Waals surface area contributed by atoms with Crippen LogP contribution in [0.25, 0.3) is 0 Å². The first-order valence-electron chi connectivity index (χ1n) is 7.43. The number of benzene rings is 1. The van der Waals surface area contributed by atoms with Gasteiger partial charge in [0.15, 0.2) is 0 Å². The Morgan fingerprint density at radius 2 is 1.53 bits per heavy atom. The van der Waals surface area contributed by atoms with E-state index >= 15 is 0 Å². The molecule has 1 aromatic carbocycles. The van der Waals surface area contributed by atoms with Gasteiger partial charge < -0.3 is 4.55 Å². The van der Waals surface area contributed by atoms with Gasteiger partial charge in [0, 0.05) is 4.90 Å². The van der Waals surface area contributed by atoms with Crippen LogP contribution in [0.1, 0.15) is 63.9 Å². The maximum atomic E-state index is 11.1. The van der Waals surface area contributed by atoms with E-state index < -0.39 is 11.1 Å². The lowest BCUT2D eigenvalue weighted by atomic mass is 10.0. The van der Waals surface area contributed by atoms with Crippen LogP contribution in [0, 0.1) is 0 Å². The molecule has 0 saturated heterocycles. The summed E-state index contributed by atoms with van der Waals surface area (Å²) in [7, 11) is 0. The molecule has 0 saturated carbocycles. The van der Waals surface area contributed by atoms with Crippen LogP contribution in [0.3, 0.4) is 0 Å². The average Bonchev–Trinajstić information content (AvgIpc) is 2.42. The van der Waals surface area contributed by atoms with Crippen LogP contribution in [-0.4, -0.2) is 8.76 Å². The fourth-order valence-corrected chi connectivity index (χ4v) is 2.90. The van der Waals surface area contributed by atoms with Crippen molar-refractivity contribution in [1.82, 2.24) is 0 Å². The van der Waals surface area contributed by atoms with E-state index in [0.29, 0.717) is 4.90 Å². The van der Waals surface area contributed by atoms with E-state index in [4.69, 9.17) is 0 Å². The Hall–Kier alpha value is -0.670. The fraction of sp³-hybridized carbons (Fsp3) is 0.625. The molecule has 0 radical (unpaired) electrons. The van der Waals surface area contributed by atoms with E-state index in [1.807, 2.05) is 12.1 Å². The molecular formula is C16H25O2S-. The van der Waals surface area contributed by atoms with Gasteiger partial charge in [0.2, 0.25) is 0 Å². The summed E-state index contributed by atoms with van der Waals surface area (Å²) in [5.74, 6) is 0. The van der Waals surface area contributed by atoms with E-state index in [2.05, 4.69) is 6.92 Å². The summed E-state index contributed by atoms with van der Waals surface area (Å²) < 4.78 is 22.1. The minimum Gasteiger partial charge on any atom is -0.768 e. The molecule has 0 heterocycles. The standard InChI is InChI=1S/C16H26O2S/c1-2-3-4-5-6-7-8-9-12-15-13-10-11-14-16(15)19(17)18/h10-11,13-14H,2-9,12H2,1H3,(H,17,18)/p-1. The Morgan fingerprint density at radius 3 is 2.16 bits per heavy atom. The van der Waals surface area contributed by atoms with Crippen molar-refractivity contribution >= 4 is 11.1 Å². The van der Waals surface area contributed by atoms with Crippen LogP contribution in [0.5, 0.6) is 0 Å². The first-order valence-corrected chi connectivity index (χ1v) is 8.50. The van der Waals surface area contributed by atoms with Gasteiger partial charge in [0.25, 0.3) is 0 Å². The highest BCUT2D eigenvalue weighted by molar-refractivity contribution is 7.79. The molecule has 0 N–H and O–H groups in total. The van der Waals surface area contributed by atoms with Gasteiger partial charge in [-0.15, -0.1) is 0 Å². The normalized spacial score (nSPS) is 12.5. The van der Waals surface area contributed by atoms with Gasteiger partial charge in [0.05, 0.1) is 0 Å². The Morgan fingerprint density at radius 1 is 0.947 bits per heavy atom. The molecule has 1 unspecified atom stereocenters. The lowest BCUT2D eigenvalue weighted by molar-refractivity contribution is 0.535. The van der Waals surface area contributed by atoms with Gasteiger partial charge in [-0.25, -0.2) is 0 Å². The summed E-state index contributed by atoms with van der Waals surface area (Å²) in [5.41, 5.74) is 0.960. The SMILES string of the molecule is CCCCCCCCCCc1ccccc1S(=O)[O-]. The quantitative estimate of drug-likeness (QED) is 0.464. The zero-order chi connectivity index (χ0) is 13.9. The van der Waals surface area contributed by atoms with E-state index in [-0.39, 0.29) is 0 Å². The van der Waals surface area contributed by atoms with Gasteiger partial charge in [-0.3, -0.25) is 4.21 Å². The van der Waals surface area contributed by atoms with Gasteiger partial charge in [-0.05, 0) is 35.6 Å². The molecule has 0 bridgehead atoms.